The Bertz CT molecular complexity index is 1140. The number of para-hydroxylation sites is 1. The summed E-state index contributed by atoms with van der Waals surface area (Å²) in [5.41, 5.74) is 2.72. The van der Waals surface area contributed by atoms with E-state index in [0.29, 0.717) is 0 Å². The van der Waals surface area contributed by atoms with Gasteiger partial charge in [0.15, 0.2) is 5.12 Å². The van der Waals surface area contributed by atoms with Gasteiger partial charge in [0, 0.05) is 35.1 Å². The molecule has 1 heterocycles. The molecule has 0 fully saturated rings. The quantitative estimate of drug-likeness (QED) is 0.370. The third kappa shape index (κ3) is 4.73. The van der Waals surface area contributed by atoms with Crippen molar-refractivity contribution in [2.75, 3.05) is 0 Å². The maximum atomic E-state index is 11.6. The van der Waals surface area contributed by atoms with Crippen molar-refractivity contribution in [3.8, 4) is 22.6 Å². The molecule has 0 spiro atoms. The molecule has 0 aliphatic rings. The molecule has 3 nitrogen and oxygen atoms in total. The maximum absolute atomic E-state index is 11.6. The zero-order valence-electron chi connectivity index (χ0n) is 15.9. The Kier molecular flexibility index (Phi) is 5.73. The van der Waals surface area contributed by atoms with Crippen LogP contribution < -0.4 is 5.36 Å². The Labute approximate surface area is 173 Å². The summed E-state index contributed by atoms with van der Waals surface area (Å²) < 4.78 is 6.20. The zero-order chi connectivity index (χ0) is 20.1. The highest BCUT2D eigenvalue weighted by Crippen LogP contribution is 2.30. The van der Waals surface area contributed by atoms with Gasteiger partial charge in [-0.25, -0.2) is 4.99 Å². The Balaban J connectivity index is 1.90. The fourth-order valence-corrected chi connectivity index (χ4v) is 3.65. The number of hydrogen-bond acceptors (Lipinski definition) is 4. The standard InChI is InChI=1S/C25H19NO2S/c1-18(27)29-25-15-9-8-14-22(25)26-21-16-23(19-10-4-2-5-11-19)28-24(17-21)20-12-6-3-7-13-20/h2-17H,1H3. The topological polar surface area (TPSA) is 42.6 Å². The molecule has 0 saturated carbocycles. The smallest absolute Gasteiger partial charge is 0.190 e. The molecular formula is C25H19NO2S. The molecular weight excluding hydrogens is 378 g/mol. The third-order valence-corrected chi connectivity index (χ3v) is 5.12. The summed E-state index contributed by atoms with van der Waals surface area (Å²) in [4.78, 5) is 17.3. The lowest BCUT2D eigenvalue weighted by atomic mass is 10.1. The first kappa shape index (κ1) is 19.0. The lowest BCUT2D eigenvalue weighted by Crippen LogP contribution is -2.02. The summed E-state index contributed by atoms with van der Waals surface area (Å²) in [6.45, 7) is 1.56. The fourth-order valence-electron chi connectivity index (χ4n) is 2.97. The van der Waals surface area contributed by atoms with Gasteiger partial charge < -0.3 is 4.42 Å². The minimum absolute atomic E-state index is 0.0330. The van der Waals surface area contributed by atoms with Crippen molar-refractivity contribution in [3.63, 3.8) is 0 Å². The predicted octanol–water partition coefficient (Wildman–Crippen LogP) is 6.48. The van der Waals surface area contributed by atoms with Crippen molar-refractivity contribution < 1.29 is 9.21 Å². The van der Waals surface area contributed by atoms with E-state index in [9.17, 15) is 4.79 Å². The number of benzene rings is 3. The molecule has 4 rings (SSSR count). The zero-order valence-corrected chi connectivity index (χ0v) is 16.7. The largest absolute Gasteiger partial charge is 0.456 e. The Morgan fingerprint density at radius 1 is 0.759 bits per heavy atom. The predicted molar refractivity (Wildman–Crippen MR) is 118 cm³/mol. The third-order valence-electron chi connectivity index (χ3n) is 4.26. The van der Waals surface area contributed by atoms with Gasteiger partial charge in [-0.15, -0.1) is 0 Å². The monoisotopic (exact) mass is 397 g/mol. The van der Waals surface area contributed by atoms with Crippen LogP contribution in [0.4, 0.5) is 5.69 Å². The molecule has 0 unspecified atom stereocenters. The number of nitrogens with zero attached hydrogens (tertiary/aromatic N) is 1. The molecule has 0 aliphatic carbocycles. The van der Waals surface area contributed by atoms with Crippen LogP contribution >= 0.6 is 11.8 Å². The molecule has 0 bridgehead atoms. The van der Waals surface area contributed by atoms with Gasteiger partial charge in [0.2, 0.25) is 0 Å². The van der Waals surface area contributed by atoms with Crippen molar-refractivity contribution in [2.24, 2.45) is 4.99 Å². The Morgan fingerprint density at radius 3 is 1.83 bits per heavy atom. The average Bonchev–Trinajstić information content (AvgIpc) is 2.76. The highest BCUT2D eigenvalue weighted by atomic mass is 32.2. The van der Waals surface area contributed by atoms with Crippen LogP contribution in [0.25, 0.3) is 22.6 Å². The van der Waals surface area contributed by atoms with E-state index in [-0.39, 0.29) is 5.12 Å². The molecule has 4 aromatic rings. The minimum Gasteiger partial charge on any atom is -0.456 e. The Hall–Kier alpha value is -3.37. The first-order valence-electron chi connectivity index (χ1n) is 9.27. The number of carbonyl (C=O) groups is 1. The molecule has 0 atom stereocenters. The van der Waals surface area contributed by atoms with Crippen LogP contribution in [0.5, 0.6) is 0 Å². The minimum atomic E-state index is 0.0330. The second-order valence-electron chi connectivity index (χ2n) is 6.45. The number of rotatable bonds is 4. The van der Waals surface area contributed by atoms with E-state index < -0.39 is 0 Å². The van der Waals surface area contributed by atoms with E-state index in [0.717, 1.165) is 38.6 Å². The first-order chi connectivity index (χ1) is 14.2. The number of hydrogen-bond donors (Lipinski definition) is 0. The van der Waals surface area contributed by atoms with E-state index in [1.807, 2.05) is 97.1 Å². The van der Waals surface area contributed by atoms with Crippen LogP contribution in [0, 0.1) is 0 Å². The molecule has 142 valence electrons. The highest BCUT2D eigenvalue weighted by molar-refractivity contribution is 8.13. The van der Waals surface area contributed by atoms with Gasteiger partial charge in [-0.1, -0.05) is 72.8 Å². The molecule has 0 radical (unpaired) electrons. The van der Waals surface area contributed by atoms with Crippen LogP contribution in [0.1, 0.15) is 6.92 Å². The van der Waals surface area contributed by atoms with E-state index in [1.165, 1.54) is 11.8 Å². The van der Waals surface area contributed by atoms with Gasteiger partial charge >= 0.3 is 0 Å². The summed E-state index contributed by atoms with van der Waals surface area (Å²) in [6.07, 6.45) is 0. The fraction of sp³-hybridized carbons (Fsp3) is 0.0400. The summed E-state index contributed by atoms with van der Waals surface area (Å²) in [5, 5.41) is 0.802. The maximum Gasteiger partial charge on any atom is 0.190 e. The molecule has 29 heavy (non-hydrogen) atoms. The normalized spacial score (nSPS) is 10.5. The number of thioether (sulfide) groups is 1. The van der Waals surface area contributed by atoms with E-state index in [4.69, 9.17) is 9.41 Å². The van der Waals surface area contributed by atoms with Gasteiger partial charge in [-0.3, -0.25) is 4.79 Å². The second-order valence-corrected chi connectivity index (χ2v) is 7.67. The van der Waals surface area contributed by atoms with E-state index in [1.54, 1.807) is 6.92 Å². The van der Waals surface area contributed by atoms with Crippen molar-refractivity contribution >= 4 is 22.6 Å². The summed E-state index contributed by atoms with van der Waals surface area (Å²) in [6, 6.07) is 31.4. The first-order valence-corrected chi connectivity index (χ1v) is 10.1. The van der Waals surface area contributed by atoms with Crippen LogP contribution in [-0.2, 0) is 4.79 Å². The Morgan fingerprint density at radius 2 is 1.28 bits per heavy atom. The molecule has 0 aliphatic heterocycles. The van der Waals surface area contributed by atoms with Gasteiger partial charge in [-0.2, -0.15) is 0 Å². The van der Waals surface area contributed by atoms with Crippen molar-refractivity contribution in [2.45, 2.75) is 11.8 Å². The van der Waals surface area contributed by atoms with Gasteiger partial charge in [-0.05, 0) is 23.9 Å². The van der Waals surface area contributed by atoms with Gasteiger partial charge in [0.25, 0.3) is 0 Å². The van der Waals surface area contributed by atoms with Crippen LogP contribution in [-0.4, -0.2) is 5.12 Å². The van der Waals surface area contributed by atoms with Crippen molar-refractivity contribution in [1.29, 1.82) is 0 Å². The number of carbonyl (C=O) groups excluding carboxylic acids is 1. The highest BCUT2D eigenvalue weighted by Gasteiger charge is 2.08. The van der Waals surface area contributed by atoms with Gasteiger partial charge in [0.05, 0.1) is 11.0 Å². The van der Waals surface area contributed by atoms with Crippen LogP contribution in [0.3, 0.4) is 0 Å². The van der Waals surface area contributed by atoms with E-state index in [2.05, 4.69) is 0 Å². The lowest BCUT2D eigenvalue weighted by molar-refractivity contribution is -0.109. The summed E-state index contributed by atoms with van der Waals surface area (Å²) in [7, 11) is 0. The molecule has 1 aromatic heterocycles. The second kappa shape index (κ2) is 8.76. The van der Waals surface area contributed by atoms with Crippen molar-refractivity contribution in [3.05, 3.63) is 102 Å². The van der Waals surface area contributed by atoms with Crippen molar-refractivity contribution in [1.82, 2.24) is 0 Å². The molecule has 0 N–H and O–H groups in total. The summed E-state index contributed by atoms with van der Waals surface area (Å²) in [5.74, 6) is 1.48. The molecule has 3 aromatic carbocycles. The lowest BCUT2D eigenvalue weighted by Gasteiger charge is -2.07. The molecule has 0 amide bonds. The summed E-state index contributed by atoms with van der Waals surface area (Å²) >= 11 is 1.19. The van der Waals surface area contributed by atoms with Gasteiger partial charge in [0.1, 0.15) is 11.5 Å². The SMILES string of the molecule is CC(=O)Sc1ccccc1N=c1cc(-c2ccccc2)oc(-c2ccccc2)c1. The molecule has 0 saturated heterocycles. The van der Waals surface area contributed by atoms with E-state index >= 15 is 0 Å². The molecule has 4 heteroatoms. The average molecular weight is 397 g/mol. The van der Waals surface area contributed by atoms with Crippen LogP contribution in [0.2, 0.25) is 0 Å². The van der Waals surface area contributed by atoms with Crippen LogP contribution in [0.15, 0.2) is 111 Å².